The molecule has 1 aromatic heterocycles. The summed E-state index contributed by atoms with van der Waals surface area (Å²) in [5, 5.41) is 0. The fourth-order valence-electron chi connectivity index (χ4n) is 1.37. The average Bonchev–Trinajstić information content (AvgIpc) is 2.16. The molecular weight excluding hydrogens is 194 g/mol. The zero-order valence-corrected chi connectivity index (χ0v) is 8.83. The summed E-state index contributed by atoms with van der Waals surface area (Å²) in [4.78, 5) is 37.6. The van der Waals surface area contributed by atoms with Crippen molar-refractivity contribution in [3.05, 3.63) is 29.1 Å². The van der Waals surface area contributed by atoms with Gasteiger partial charge in [-0.25, -0.2) is 0 Å². The SMILES string of the molecule is CC(=O)c1cncc(C(C)=O)c1C(C)=O. The molecule has 0 amide bonds. The van der Waals surface area contributed by atoms with Gasteiger partial charge in [0.05, 0.1) is 0 Å². The Kier molecular flexibility index (Phi) is 3.09. The van der Waals surface area contributed by atoms with E-state index >= 15 is 0 Å². The van der Waals surface area contributed by atoms with E-state index in [1.807, 2.05) is 0 Å². The van der Waals surface area contributed by atoms with Gasteiger partial charge in [0.1, 0.15) is 0 Å². The van der Waals surface area contributed by atoms with Gasteiger partial charge in [-0.1, -0.05) is 0 Å². The Morgan fingerprint density at radius 2 is 1.27 bits per heavy atom. The Balaban J connectivity index is 3.56. The van der Waals surface area contributed by atoms with Crippen LogP contribution in [0.1, 0.15) is 51.8 Å². The summed E-state index contributed by atoms with van der Waals surface area (Å²) in [6, 6.07) is 0. The van der Waals surface area contributed by atoms with Crippen LogP contribution in [0.4, 0.5) is 0 Å². The quantitative estimate of drug-likeness (QED) is 0.704. The number of hydrogen-bond acceptors (Lipinski definition) is 4. The lowest BCUT2D eigenvalue weighted by Gasteiger charge is -2.06. The summed E-state index contributed by atoms with van der Waals surface area (Å²) in [5.41, 5.74) is 0.579. The second-order valence-corrected chi connectivity index (χ2v) is 3.28. The molecule has 4 heteroatoms. The highest BCUT2D eigenvalue weighted by atomic mass is 16.1. The van der Waals surface area contributed by atoms with E-state index in [1.165, 1.54) is 33.2 Å². The van der Waals surface area contributed by atoms with E-state index in [2.05, 4.69) is 4.98 Å². The summed E-state index contributed by atoms with van der Waals surface area (Å²) in [5.74, 6) is -0.834. The monoisotopic (exact) mass is 205 g/mol. The minimum absolute atomic E-state index is 0.171. The molecule has 0 fully saturated rings. The number of Topliss-reactive ketones (excluding diaryl/α,β-unsaturated/α-hetero) is 3. The number of pyridine rings is 1. The van der Waals surface area contributed by atoms with Crippen LogP contribution in [0.5, 0.6) is 0 Å². The molecule has 0 unspecified atom stereocenters. The molecule has 78 valence electrons. The Hall–Kier alpha value is -1.84. The van der Waals surface area contributed by atoms with Crippen molar-refractivity contribution in [1.29, 1.82) is 0 Å². The van der Waals surface area contributed by atoms with E-state index in [0.717, 1.165) is 0 Å². The zero-order chi connectivity index (χ0) is 11.6. The molecule has 0 aliphatic rings. The molecule has 0 spiro atoms. The van der Waals surface area contributed by atoms with Crippen molar-refractivity contribution < 1.29 is 14.4 Å². The number of carbonyl (C=O) groups excluding carboxylic acids is 3. The minimum Gasteiger partial charge on any atom is -0.294 e. The van der Waals surface area contributed by atoms with Crippen LogP contribution in [-0.2, 0) is 0 Å². The van der Waals surface area contributed by atoms with Gasteiger partial charge in [-0.05, 0) is 20.8 Å². The average molecular weight is 205 g/mol. The van der Waals surface area contributed by atoms with Crippen LogP contribution in [0.2, 0.25) is 0 Å². The van der Waals surface area contributed by atoms with Crippen LogP contribution in [-0.4, -0.2) is 22.3 Å². The standard InChI is InChI=1S/C11H11NO3/c1-6(13)9-4-12-5-10(7(2)14)11(9)8(3)15/h4-5H,1-3H3. The van der Waals surface area contributed by atoms with Crippen LogP contribution in [0.15, 0.2) is 12.4 Å². The zero-order valence-electron chi connectivity index (χ0n) is 8.83. The minimum atomic E-state index is -0.298. The van der Waals surface area contributed by atoms with Crippen LogP contribution in [0.3, 0.4) is 0 Å². The third-order valence-corrected chi connectivity index (χ3v) is 2.06. The topological polar surface area (TPSA) is 64.1 Å². The van der Waals surface area contributed by atoms with Crippen molar-refractivity contribution in [2.75, 3.05) is 0 Å². The molecule has 0 saturated carbocycles. The van der Waals surface area contributed by atoms with Gasteiger partial charge in [0.25, 0.3) is 0 Å². The van der Waals surface area contributed by atoms with Crippen molar-refractivity contribution in [1.82, 2.24) is 4.98 Å². The van der Waals surface area contributed by atoms with E-state index in [4.69, 9.17) is 0 Å². The second kappa shape index (κ2) is 4.13. The first kappa shape index (κ1) is 11.2. The number of nitrogens with zero attached hydrogens (tertiary/aromatic N) is 1. The molecule has 1 rings (SSSR count). The second-order valence-electron chi connectivity index (χ2n) is 3.28. The maximum Gasteiger partial charge on any atom is 0.162 e. The Morgan fingerprint density at radius 1 is 0.867 bits per heavy atom. The molecule has 15 heavy (non-hydrogen) atoms. The lowest BCUT2D eigenvalue weighted by atomic mass is 9.97. The maximum absolute atomic E-state index is 11.4. The summed E-state index contributed by atoms with van der Waals surface area (Å²) in [6.45, 7) is 4.01. The van der Waals surface area contributed by atoms with Gasteiger partial charge in [-0.2, -0.15) is 0 Å². The number of aromatic nitrogens is 1. The molecule has 0 N–H and O–H groups in total. The summed E-state index contributed by atoms with van der Waals surface area (Å²) >= 11 is 0. The van der Waals surface area contributed by atoms with Crippen LogP contribution < -0.4 is 0 Å². The summed E-state index contributed by atoms with van der Waals surface area (Å²) in [7, 11) is 0. The van der Waals surface area contributed by atoms with Gasteiger partial charge in [0, 0.05) is 29.1 Å². The molecule has 4 nitrogen and oxygen atoms in total. The van der Waals surface area contributed by atoms with E-state index in [0.29, 0.717) is 0 Å². The van der Waals surface area contributed by atoms with E-state index in [9.17, 15) is 14.4 Å². The van der Waals surface area contributed by atoms with Crippen molar-refractivity contribution in [3.8, 4) is 0 Å². The Bertz CT molecular complexity index is 417. The largest absolute Gasteiger partial charge is 0.294 e. The Labute approximate surface area is 87.3 Å². The van der Waals surface area contributed by atoms with E-state index in [-0.39, 0.29) is 34.0 Å². The fourth-order valence-corrected chi connectivity index (χ4v) is 1.37. The lowest BCUT2D eigenvalue weighted by molar-refractivity contribution is 0.0967. The predicted octanol–water partition coefficient (Wildman–Crippen LogP) is 1.69. The van der Waals surface area contributed by atoms with E-state index < -0.39 is 0 Å². The first-order valence-corrected chi connectivity index (χ1v) is 4.46. The number of rotatable bonds is 3. The molecule has 1 heterocycles. The lowest BCUT2D eigenvalue weighted by Crippen LogP contribution is -2.11. The fraction of sp³-hybridized carbons (Fsp3) is 0.273. The van der Waals surface area contributed by atoms with Gasteiger partial charge in [-0.3, -0.25) is 19.4 Å². The Morgan fingerprint density at radius 3 is 1.53 bits per heavy atom. The van der Waals surface area contributed by atoms with E-state index in [1.54, 1.807) is 0 Å². The first-order valence-electron chi connectivity index (χ1n) is 4.46. The normalized spacial score (nSPS) is 9.80. The molecule has 0 aromatic carbocycles. The van der Waals surface area contributed by atoms with Crippen molar-refractivity contribution in [2.45, 2.75) is 20.8 Å². The highest BCUT2D eigenvalue weighted by molar-refractivity contribution is 6.13. The smallest absolute Gasteiger partial charge is 0.162 e. The van der Waals surface area contributed by atoms with Crippen molar-refractivity contribution in [2.24, 2.45) is 0 Å². The number of carbonyl (C=O) groups is 3. The van der Waals surface area contributed by atoms with Crippen LogP contribution in [0, 0.1) is 0 Å². The maximum atomic E-state index is 11.4. The van der Waals surface area contributed by atoms with Gasteiger partial charge in [0.2, 0.25) is 0 Å². The van der Waals surface area contributed by atoms with Gasteiger partial charge in [0.15, 0.2) is 17.3 Å². The van der Waals surface area contributed by atoms with Gasteiger partial charge >= 0.3 is 0 Å². The molecule has 0 radical (unpaired) electrons. The molecule has 1 aromatic rings. The molecule has 0 saturated heterocycles. The molecule has 0 atom stereocenters. The number of ketones is 3. The van der Waals surface area contributed by atoms with Gasteiger partial charge in [-0.15, -0.1) is 0 Å². The summed E-state index contributed by atoms with van der Waals surface area (Å²) in [6.07, 6.45) is 2.62. The van der Waals surface area contributed by atoms with Gasteiger partial charge < -0.3 is 0 Å². The molecular formula is C11H11NO3. The molecule has 0 bridgehead atoms. The highest BCUT2D eigenvalue weighted by Crippen LogP contribution is 2.15. The van der Waals surface area contributed by atoms with Crippen molar-refractivity contribution in [3.63, 3.8) is 0 Å². The third-order valence-electron chi connectivity index (χ3n) is 2.06. The predicted molar refractivity (Wildman–Crippen MR) is 54.3 cm³/mol. The third kappa shape index (κ3) is 2.15. The summed E-state index contributed by atoms with van der Waals surface area (Å²) < 4.78 is 0. The number of hydrogen-bond donors (Lipinski definition) is 0. The molecule has 0 aliphatic carbocycles. The molecule has 0 aliphatic heterocycles. The van der Waals surface area contributed by atoms with Crippen LogP contribution >= 0.6 is 0 Å². The van der Waals surface area contributed by atoms with Crippen LogP contribution in [0.25, 0.3) is 0 Å². The van der Waals surface area contributed by atoms with Crippen molar-refractivity contribution >= 4 is 17.3 Å². The highest BCUT2D eigenvalue weighted by Gasteiger charge is 2.18. The first-order chi connectivity index (χ1) is 6.95.